The predicted molar refractivity (Wildman–Crippen MR) is 165 cm³/mol. The van der Waals surface area contributed by atoms with Crippen molar-refractivity contribution in [1.29, 1.82) is 0 Å². The maximum atomic E-state index is 13.4. The summed E-state index contributed by atoms with van der Waals surface area (Å²) in [4.78, 5) is 25.2. The molecule has 0 bridgehead atoms. The van der Waals surface area contributed by atoms with E-state index < -0.39 is 12.0 Å². The molecule has 0 aromatic heterocycles. The van der Waals surface area contributed by atoms with Crippen molar-refractivity contribution in [1.82, 2.24) is 5.32 Å². The minimum atomic E-state index is -1.02. The summed E-state index contributed by atoms with van der Waals surface area (Å²) in [6.45, 7) is 5.99. The zero-order valence-corrected chi connectivity index (χ0v) is 26.3. The first-order chi connectivity index (χ1) is 19.4. The predicted octanol–water partition coefficient (Wildman–Crippen LogP) is 4.39. The van der Waals surface area contributed by atoms with Crippen LogP contribution in [0.4, 0.5) is 0 Å². The van der Waals surface area contributed by atoms with E-state index in [-0.39, 0.29) is 32.3 Å². The van der Waals surface area contributed by atoms with E-state index in [9.17, 15) is 14.7 Å². The number of carbonyl (C=O) groups is 2. The molecule has 222 valence electrons. The normalized spacial score (nSPS) is 15.1. The number of aliphatic carboxylic acids is 1. The third kappa shape index (κ3) is 11.8. The molecule has 0 radical (unpaired) electrons. The third-order valence-corrected chi connectivity index (χ3v) is 8.37. The zero-order valence-electron chi connectivity index (χ0n) is 26.5. The average molecular weight is 578 g/mol. The van der Waals surface area contributed by atoms with Gasteiger partial charge in [-0.1, -0.05) is 75.8 Å². The van der Waals surface area contributed by atoms with E-state index in [1.165, 1.54) is 32.1 Å². The molecule has 2 unspecified atom stereocenters. The van der Waals surface area contributed by atoms with Crippen molar-refractivity contribution < 1.29 is 44.5 Å². The number of rotatable bonds is 17. The van der Waals surface area contributed by atoms with Crippen LogP contribution in [0.5, 0.6) is 0 Å². The number of carbonyl (C=O) groups excluding carboxylic acids is 1. The number of hydrogen-bond acceptors (Lipinski definition) is 5. The molecule has 8 heteroatoms. The number of nitrogens with one attached hydrogen (secondary N) is 1. The summed E-state index contributed by atoms with van der Waals surface area (Å²) in [5.41, 5.74) is 4.23. The van der Waals surface area contributed by atoms with Crippen molar-refractivity contribution in [2.24, 2.45) is 5.92 Å². The van der Waals surface area contributed by atoms with E-state index in [2.05, 4.69) is 12.2 Å². The molecule has 2 aromatic carbocycles. The number of hydrogen-bond donors (Lipinski definition) is 2. The van der Waals surface area contributed by atoms with Crippen LogP contribution in [0.1, 0.15) is 87.6 Å². The number of unbranched alkanes of at least 4 members (excludes halogenated alkanes) is 1. The van der Waals surface area contributed by atoms with Gasteiger partial charge >= 0.3 is 24.8 Å². The van der Waals surface area contributed by atoms with Gasteiger partial charge in [0.1, 0.15) is 6.04 Å². The Morgan fingerprint density at radius 2 is 1.88 bits per heavy atom. The number of carboxylic acid groups (broad SMARTS) is 1. The molecule has 6 nitrogen and oxygen atoms in total. The fraction of sp³-hybridized carbons (Fsp3) is 0.576. The van der Waals surface area contributed by atoms with Crippen molar-refractivity contribution >= 4 is 23.6 Å². The van der Waals surface area contributed by atoms with Crippen LogP contribution in [0.2, 0.25) is 0 Å². The van der Waals surface area contributed by atoms with E-state index >= 15 is 0 Å². The summed E-state index contributed by atoms with van der Waals surface area (Å²) < 4.78 is 12.4. The maximum Gasteiger partial charge on any atom is 1.00 e. The van der Waals surface area contributed by atoms with Gasteiger partial charge in [0.25, 0.3) is 5.91 Å². The minimum Gasteiger partial charge on any atom is -1.00 e. The van der Waals surface area contributed by atoms with Crippen LogP contribution in [0, 0.1) is 12.8 Å². The number of thioether (sulfide) groups is 1. The van der Waals surface area contributed by atoms with Gasteiger partial charge in [0, 0.05) is 12.2 Å². The first-order valence-electron chi connectivity index (χ1n) is 14.8. The molecule has 1 aliphatic carbocycles. The molecule has 1 saturated carbocycles. The van der Waals surface area contributed by atoms with Crippen molar-refractivity contribution in [2.75, 3.05) is 25.2 Å². The number of ether oxygens (including phenoxy) is 2. The van der Waals surface area contributed by atoms with E-state index in [0.29, 0.717) is 36.9 Å². The van der Waals surface area contributed by atoms with Crippen molar-refractivity contribution in [3.8, 4) is 11.1 Å². The fourth-order valence-electron chi connectivity index (χ4n) is 5.36. The number of carboxylic acids is 1. The number of aryl methyl sites for hydroxylation is 1. The van der Waals surface area contributed by atoms with E-state index in [0.717, 1.165) is 48.1 Å². The molecule has 2 N–H and O–H groups in total. The van der Waals surface area contributed by atoms with Gasteiger partial charge in [-0.25, -0.2) is 4.79 Å². The zero-order chi connectivity index (χ0) is 28.7. The van der Waals surface area contributed by atoms with Crippen LogP contribution in [0.3, 0.4) is 0 Å². The molecule has 41 heavy (non-hydrogen) atoms. The molecule has 0 spiro atoms. The SMILES string of the molecule is CCCCOCC(CC1CCCCC1)OCc1ccc(C(=O)NC(CCSC)C(=O)O)c(-c2ccccc2C)c1.[H-].[Li+]. The molecular weight excluding hydrogens is 529 g/mol. The molecule has 0 heterocycles. The summed E-state index contributed by atoms with van der Waals surface area (Å²) in [7, 11) is 0. The van der Waals surface area contributed by atoms with Crippen LogP contribution in [0.15, 0.2) is 42.5 Å². The molecule has 2 atom stereocenters. The van der Waals surface area contributed by atoms with E-state index in [1.807, 2.05) is 49.6 Å². The first-order valence-corrected chi connectivity index (χ1v) is 16.2. The number of benzene rings is 2. The molecule has 0 aliphatic heterocycles. The molecular formula is C33H48LiNO5S. The van der Waals surface area contributed by atoms with Gasteiger partial charge in [-0.15, -0.1) is 0 Å². The van der Waals surface area contributed by atoms with Gasteiger partial charge in [-0.05, 0) is 78.5 Å². The largest absolute Gasteiger partial charge is 1.00 e. The van der Waals surface area contributed by atoms with Gasteiger partial charge in [-0.2, -0.15) is 11.8 Å². The van der Waals surface area contributed by atoms with Crippen molar-refractivity contribution in [2.45, 2.75) is 90.4 Å². The molecule has 0 saturated heterocycles. The minimum absolute atomic E-state index is 0. The van der Waals surface area contributed by atoms with Crippen LogP contribution in [-0.2, 0) is 20.9 Å². The van der Waals surface area contributed by atoms with E-state index in [1.54, 1.807) is 17.8 Å². The Morgan fingerprint density at radius 3 is 2.56 bits per heavy atom. The summed E-state index contributed by atoms with van der Waals surface area (Å²) >= 11 is 1.56. The Balaban J connectivity index is 0.00000441. The first kappa shape index (κ1) is 35.4. The Hall–Kier alpha value is -1.75. The summed E-state index contributed by atoms with van der Waals surface area (Å²) in [6, 6.07) is 12.8. The Kier molecular flexibility index (Phi) is 16.8. The second-order valence-electron chi connectivity index (χ2n) is 10.9. The van der Waals surface area contributed by atoms with Crippen LogP contribution in [0.25, 0.3) is 11.1 Å². The monoisotopic (exact) mass is 577 g/mol. The molecule has 2 aromatic rings. The quantitative estimate of drug-likeness (QED) is 0.214. The Bertz CT molecular complexity index is 1080. The molecule has 1 fully saturated rings. The van der Waals surface area contributed by atoms with Gasteiger partial charge in [0.15, 0.2) is 0 Å². The van der Waals surface area contributed by atoms with Gasteiger partial charge in [-0.3, -0.25) is 4.79 Å². The summed E-state index contributed by atoms with van der Waals surface area (Å²) in [5.74, 6) is -0.0494. The van der Waals surface area contributed by atoms with Crippen LogP contribution < -0.4 is 24.2 Å². The van der Waals surface area contributed by atoms with Gasteiger partial charge < -0.3 is 21.3 Å². The summed E-state index contributed by atoms with van der Waals surface area (Å²) in [6.07, 6.45) is 12.0. The Morgan fingerprint density at radius 1 is 1.12 bits per heavy atom. The van der Waals surface area contributed by atoms with Gasteiger partial charge in [0.2, 0.25) is 0 Å². The fourth-order valence-corrected chi connectivity index (χ4v) is 5.83. The number of amides is 1. The van der Waals surface area contributed by atoms with Crippen molar-refractivity contribution in [3.05, 3.63) is 59.2 Å². The summed E-state index contributed by atoms with van der Waals surface area (Å²) in [5, 5.41) is 12.4. The second kappa shape index (κ2) is 19.4. The Labute approximate surface area is 264 Å². The standard InChI is InChI=1S/C33H47NO5S.Li.H/c1-4-5-18-38-23-27(20-25-12-7-6-8-13-25)39-22-26-15-16-29(30(21-26)28-14-10-9-11-24(28)2)32(35)34-31(33(36)37)17-19-40-3;;/h9-11,14-16,21,25,27,31H,4-8,12-13,17-20,22-23H2,1-3H3,(H,34,35)(H,36,37);;/q;+1;-1. The van der Waals surface area contributed by atoms with Crippen LogP contribution in [-0.4, -0.2) is 54.4 Å². The maximum absolute atomic E-state index is 13.4. The smallest absolute Gasteiger partial charge is 1.00 e. The topological polar surface area (TPSA) is 84.9 Å². The van der Waals surface area contributed by atoms with Crippen molar-refractivity contribution in [3.63, 3.8) is 0 Å². The second-order valence-corrected chi connectivity index (χ2v) is 11.9. The van der Waals surface area contributed by atoms with E-state index in [4.69, 9.17) is 9.47 Å². The average Bonchev–Trinajstić information content (AvgIpc) is 2.96. The molecule has 1 amide bonds. The third-order valence-electron chi connectivity index (χ3n) is 7.73. The van der Waals surface area contributed by atoms with Gasteiger partial charge in [0.05, 0.1) is 19.3 Å². The van der Waals surface area contributed by atoms with Crippen LogP contribution >= 0.6 is 11.8 Å². The molecule has 3 rings (SSSR count). The molecule has 1 aliphatic rings.